The molecule has 0 radical (unpaired) electrons. The van der Waals surface area contributed by atoms with Gasteiger partial charge in [0, 0.05) is 19.2 Å². The molecule has 2 atom stereocenters. The van der Waals surface area contributed by atoms with Crippen LogP contribution in [0.1, 0.15) is 32.2 Å². The summed E-state index contributed by atoms with van der Waals surface area (Å²) in [5.74, 6) is 0.877. The molecule has 0 amide bonds. The number of aryl methyl sites for hydroxylation is 1. The lowest BCUT2D eigenvalue weighted by atomic mass is 10.2. The van der Waals surface area contributed by atoms with Crippen molar-refractivity contribution in [3.63, 3.8) is 0 Å². The summed E-state index contributed by atoms with van der Waals surface area (Å²) in [5, 5.41) is 7.26. The first-order valence-electron chi connectivity index (χ1n) is 5.38. The summed E-state index contributed by atoms with van der Waals surface area (Å²) < 4.78 is 10.4. The normalized spacial score (nSPS) is 15.2. The molecule has 1 aromatic heterocycles. The molecule has 0 aromatic carbocycles. The van der Waals surface area contributed by atoms with E-state index < -0.39 is 0 Å². The summed E-state index contributed by atoms with van der Waals surface area (Å²) in [6, 6.07) is 2.28. The van der Waals surface area contributed by atoms with E-state index in [9.17, 15) is 0 Å². The van der Waals surface area contributed by atoms with Gasteiger partial charge in [0.15, 0.2) is 5.76 Å². The van der Waals surface area contributed by atoms with E-state index in [0.29, 0.717) is 12.6 Å². The zero-order valence-electron chi connectivity index (χ0n) is 9.91. The van der Waals surface area contributed by atoms with Crippen molar-refractivity contribution in [1.82, 2.24) is 10.5 Å². The zero-order valence-corrected chi connectivity index (χ0v) is 9.91. The molecule has 0 aliphatic carbocycles. The van der Waals surface area contributed by atoms with Gasteiger partial charge in [0.25, 0.3) is 0 Å². The Morgan fingerprint density at radius 3 is 2.80 bits per heavy atom. The Hall–Kier alpha value is -0.870. The molecule has 4 heteroatoms. The van der Waals surface area contributed by atoms with Gasteiger partial charge in [-0.3, -0.25) is 0 Å². The maximum absolute atomic E-state index is 5.22. The number of methoxy groups -OCH3 is 1. The molecular weight excluding hydrogens is 192 g/mol. The van der Waals surface area contributed by atoms with E-state index >= 15 is 0 Å². The number of hydrogen-bond donors (Lipinski definition) is 1. The number of nitrogens with one attached hydrogen (secondary N) is 1. The van der Waals surface area contributed by atoms with Gasteiger partial charge in [0.2, 0.25) is 0 Å². The molecule has 1 rings (SSSR count). The highest BCUT2D eigenvalue weighted by atomic mass is 16.5. The Bertz CT molecular complexity index is 286. The molecule has 2 unspecified atom stereocenters. The smallest absolute Gasteiger partial charge is 0.150 e. The van der Waals surface area contributed by atoms with Crippen LogP contribution in [0.3, 0.4) is 0 Å². The van der Waals surface area contributed by atoms with Crippen LogP contribution in [0.5, 0.6) is 0 Å². The maximum atomic E-state index is 5.22. The molecule has 4 nitrogen and oxygen atoms in total. The summed E-state index contributed by atoms with van der Waals surface area (Å²) in [4.78, 5) is 0. The van der Waals surface area contributed by atoms with Crippen LogP contribution in [0.4, 0.5) is 0 Å². The van der Waals surface area contributed by atoms with E-state index in [1.807, 2.05) is 13.0 Å². The van der Waals surface area contributed by atoms with Gasteiger partial charge in [-0.15, -0.1) is 0 Å². The van der Waals surface area contributed by atoms with Crippen LogP contribution in [-0.2, 0) is 17.7 Å². The highest BCUT2D eigenvalue weighted by Gasteiger charge is 2.11. The summed E-state index contributed by atoms with van der Waals surface area (Å²) in [6.45, 7) is 6.88. The average molecular weight is 212 g/mol. The van der Waals surface area contributed by atoms with E-state index in [4.69, 9.17) is 9.26 Å². The molecule has 1 aromatic rings. The molecule has 15 heavy (non-hydrogen) atoms. The van der Waals surface area contributed by atoms with Gasteiger partial charge in [0.05, 0.1) is 18.3 Å². The minimum Gasteiger partial charge on any atom is -0.380 e. The number of nitrogens with zero attached hydrogens (tertiary/aromatic N) is 1. The minimum absolute atomic E-state index is 0.193. The van der Waals surface area contributed by atoms with E-state index in [0.717, 1.165) is 17.9 Å². The first kappa shape index (κ1) is 12.2. The third-order valence-corrected chi connectivity index (χ3v) is 2.64. The predicted octanol–water partition coefficient (Wildman–Crippen LogP) is 1.75. The van der Waals surface area contributed by atoms with E-state index in [2.05, 4.69) is 24.3 Å². The van der Waals surface area contributed by atoms with Crippen LogP contribution in [0.2, 0.25) is 0 Å². The van der Waals surface area contributed by atoms with Crippen molar-refractivity contribution in [2.45, 2.75) is 45.9 Å². The van der Waals surface area contributed by atoms with E-state index in [1.54, 1.807) is 7.11 Å². The molecule has 1 heterocycles. The van der Waals surface area contributed by atoms with Crippen molar-refractivity contribution < 1.29 is 9.26 Å². The molecule has 0 fully saturated rings. The van der Waals surface area contributed by atoms with Crippen molar-refractivity contribution in [2.75, 3.05) is 7.11 Å². The largest absolute Gasteiger partial charge is 0.380 e. The first-order chi connectivity index (χ1) is 7.17. The SMILES string of the molecule is CCc1cc(CNC(C)C(C)OC)on1. The molecule has 86 valence electrons. The van der Waals surface area contributed by atoms with Crippen LogP contribution in [-0.4, -0.2) is 24.4 Å². The third-order valence-electron chi connectivity index (χ3n) is 2.64. The zero-order chi connectivity index (χ0) is 11.3. The standard InChI is InChI=1S/C11H20N2O2/c1-5-10-6-11(15-13-10)7-12-8(2)9(3)14-4/h6,8-9,12H,5,7H2,1-4H3. The fourth-order valence-corrected chi connectivity index (χ4v) is 1.24. The second kappa shape index (κ2) is 5.88. The second-order valence-electron chi connectivity index (χ2n) is 3.75. The Morgan fingerprint density at radius 2 is 2.27 bits per heavy atom. The predicted molar refractivity (Wildman–Crippen MR) is 58.7 cm³/mol. The van der Waals surface area contributed by atoms with Gasteiger partial charge in [-0.2, -0.15) is 0 Å². The first-order valence-corrected chi connectivity index (χ1v) is 5.38. The van der Waals surface area contributed by atoms with Crippen molar-refractivity contribution in [3.8, 4) is 0 Å². The molecule has 0 aliphatic heterocycles. The highest BCUT2D eigenvalue weighted by molar-refractivity contribution is 5.04. The number of ether oxygens (including phenoxy) is 1. The van der Waals surface area contributed by atoms with Crippen LogP contribution >= 0.6 is 0 Å². The van der Waals surface area contributed by atoms with Crippen LogP contribution < -0.4 is 5.32 Å². The Labute approximate surface area is 91.0 Å². The van der Waals surface area contributed by atoms with Gasteiger partial charge in [-0.1, -0.05) is 12.1 Å². The van der Waals surface area contributed by atoms with Crippen LogP contribution in [0.15, 0.2) is 10.6 Å². The fourth-order valence-electron chi connectivity index (χ4n) is 1.24. The number of hydrogen-bond acceptors (Lipinski definition) is 4. The Morgan fingerprint density at radius 1 is 1.53 bits per heavy atom. The summed E-state index contributed by atoms with van der Waals surface area (Å²) in [5.41, 5.74) is 0.999. The van der Waals surface area contributed by atoms with E-state index in [1.165, 1.54) is 0 Å². The van der Waals surface area contributed by atoms with Gasteiger partial charge < -0.3 is 14.6 Å². The Balaban J connectivity index is 2.36. The van der Waals surface area contributed by atoms with E-state index in [-0.39, 0.29) is 6.10 Å². The fraction of sp³-hybridized carbons (Fsp3) is 0.727. The molecule has 0 saturated carbocycles. The lowest BCUT2D eigenvalue weighted by Gasteiger charge is -2.18. The van der Waals surface area contributed by atoms with Crippen molar-refractivity contribution >= 4 is 0 Å². The number of rotatable bonds is 6. The van der Waals surface area contributed by atoms with Crippen LogP contribution in [0.25, 0.3) is 0 Å². The molecule has 0 bridgehead atoms. The van der Waals surface area contributed by atoms with Crippen molar-refractivity contribution in [2.24, 2.45) is 0 Å². The quantitative estimate of drug-likeness (QED) is 0.780. The average Bonchev–Trinajstić information content (AvgIpc) is 2.72. The maximum Gasteiger partial charge on any atom is 0.150 e. The topological polar surface area (TPSA) is 47.3 Å². The lowest BCUT2D eigenvalue weighted by Crippen LogP contribution is -2.36. The molecule has 0 spiro atoms. The van der Waals surface area contributed by atoms with Crippen molar-refractivity contribution in [1.29, 1.82) is 0 Å². The monoisotopic (exact) mass is 212 g/mol. The summed E-state index contributed by atoms with van der Waals surface area (Å²) >= 11 is 0. The molecule has 0 aliphatic rings. The van der Waals surface area contributed by atoms with Gasteiger partial charge in [-0.05, 0) is 20.3 Å². The van der Waals surface area contributed by atoms with Crippen molar-refractivity contribution in [3.05, 3.63) is 17.5 Å². The third kappa shape index (κ3) is 3.64. The van der Waals surface area contributed by atoms with Gasteiger partial charge in [-0.25, -0.2) is 0 Å². The van der Waals surface area contributed by atoms with Gasteiger partial charge in [0.1, 0.15) is 0 Å². The second-order valence-corrected chi connectivity index (χ2v) is 3.75. The van der Waals surface area contributed by atoms with Crippen LogP contribution in [0, 0.1) is 0 Å². The molecule has 1 N–H and O–H groups in total. The highest BCUT2D eigenvalue weighted by Crippen LogP contribution is 2.05. The minimum atomic E-state index is 0.193. The summed E-state index contributed by atoms with van der Waals surface area (Å²) in [7, 11) is 1.71. The lowest BCUT2D eigenvalue weighted by molar-refractivity contribution is 0.0873. The van der Waals surface area contributed by atoms with Gasteiger partial charge >= 0.3 is 0 Å². The molecular formula is C11H20N2O2. The number of aromatic nitrogens is 1. The molecule has 0 saturated heterocycles. The summed E-state index contributed by atoms with van der Waals surface area (Å²) in [6.07, 6.45) is 1.10. The Kier molecular flexibility index (Phi) is 4.78.